The zero-order chi connectivity index (χ0) is 18.9. The van der Waals surface area contributed by atoms with Crippen LogP contribution in [0.15, 0.2) is 30.3 Å². The van der Waals surface area contributed by atoms with Crippen LogP contribution in [0.2, 0.25) is 0 Å². The molecule has 2 aliphatic heterocycles. The van der Waals surface area contributed by atoms with Crippen LogP contribution in [0.3, 0.4) is 0 Å². The van der Waals surface area contributed by atoms with E-state index in [1.165, 1.54) is 0 Å². The van der Waals surface area contributed by atoms with Crippen LogP contribution >= 0.6 is 0 Å². The summed E-state index contributed by atoms with van der Waals surface area (Å²) in [5.41, 5.74) is 0.0202. The zero-order valence-corrected chi connectivity index (χ0v) is 15.1. The number of aliphatic hydroxyl groups is 1. The van der Waals surface area contributed by atoms with E-state index < -0.39 is 17.7 Å². The average Bonchev–Trinajstić information content (AvgIpc) is 3.15. The third-order valence-electron chi connectivity index (χ3n) is 5.53. The van der Waals surface area contributed by atoms with Gasteiger partial charge in [-0.25, -0.2) is 4.79 Å². The van der Waals surface area contributed by atoms with Gasteiger partial charge in [0.15, 0.2) is 0 Å². The molecule has 1 aromatic rings. The van der Waals surface area contributed by atoms with E-state index >= 15 is 0 Å². The molecule has 0 saturated carbocycles. The molecule has 7 heteroatoms. The minimum absolute atomic E-state index is 0.203. The molecule has 140 valence electrons. The van der Waals surface area contributed by atoms with E-state index in [9.17, 15) is 19.5 Å². The van der Waals surface area contributed by atoms with Crippen LogP contribution in [0.25, 0.3) is 0 Å². The lowest BCUT2D eigenvalue weighted by atomic mass is 9.93. The molecular formula is C19H25N3O4. The van der Waals surface area contributed by atoms with Crippen LogP contribution in [0.5, 0.6) is 0 Å². The Labute approximate surface area is 153 Å². The Balaban J connectivity index is 1.77. The van der Waals surface area contributed by atoms with Gasteiger partial charge in [0.1, 0.15) is 12.1 Å². The number of nitrogens with one attached hydrogen (secondary N) is 1. The first kappa shape index (κ1) is 18.4. The highest BCUT2D eigenvalue weighted by Gasteiger charge is 2.50. The topological polar surface area (TPSA) is 90.0 Å². The number of likely N-dealkylation sites (tertiary alicyclic amines) is 1. The lowest BCUT2D eigenvalue weighted by Gasteiger charge is -2.27. The molecule has 0 radical (unpaired) electrons. The predicted octanol–water partition coefficient (Wildman–Crippen LogP) is 1.43. The Hall–Kier alpha value is -2.41. The summed E-state index contributed by atoms with van der Waals surface area (Å²) in [5.74, 6) is -0.682. The summed E-state index contributed by atoms with van der Waals surface area (Å²) < 4.78 is 0. The summed E-state index contributed by atoms with van der Waals surface area (Å²) in [6.07, 6.45) is 0.795. The highest BCUT2D eigenvalue weighted by atomic mass is 16.3. The molecule has 0 aliphatic carbocycles. The lowest BCUT2D eigenvalue weighted by molar-refractivity contribution is -0.139. The van der Waals surface area contributed by atoms with Crippen molar-refractivity contribution in [2.24, 2.45) is 0 Å². The molecule has 2 aliphatic rings. The summed E-state index contributed by atoms with van der Waals surface area (Å²) in [6.45, 7) is 3.59. The van der Waals surface area contributed by atoms with E-state index in [2.05, 4.69) is 5.32 Å². The minimum Gasteiger partial charge on any atom is -0.391 e. The van der Waals surface area contributed by atoms with E-state index in [4.69, 9.17) is 0 Å². The Morgan fingerprint density at radius 1 is 1.23 bits per heavy atom. The lowest BCUT2D eigenvalue weighted by Crippen LogP contribution is -2.47. The molecular weight excluding hydrogens is 334 g/mol. The SMILES string of the molecule is CCC1(CC)NC(=O)N(CC(=O)N2CC(O)CC2c2ccccc2)C1=O. The maximum absolute atomic E-state index is 12.9. The maximum Gasteiger partial charge on any atom is 0.325 e. The highest BCUT2D eigenvalue weighted by Crippen LogP contribution is 2.33. The summed E-state index contributed by atoms with van der Waals surface area (Å²) in [5, 5.41) is 12.8. The highest BCUT2D eigenvalue weighted by molar-refractivity contribution is 6.09. The van der Waals surface area contributed by atoms with Crippen LogP contribution in [-0.4, -0.2) is 57.5 Å². The Kier molecular flexibility index (Phi) is 5.00. The number of imide groups is 1. The van der Waals surface area contributed by atoms with E-state index in [1.54, 1.807) is 4.90 Å². The Bertz CT molecular complexity index is 702. The number of amides is 4. The molecule has 4 amide bonds. The van der Waals surface area contributed by atoms with Gasteiger partial charge in [-0.1, -0.05) is 44.2 Å². The van der Waals surface area contributed by atoms with E-state index in [1.807, 2.05) is 44.2 Å². The molecule has 2 N–H and O–H groups in total. The molecule has 7 nitrogen and oxygen atoms in total. The maximum atomic E-state index is 12.9. The van der Waals surface area contributed by atoms with Gasteiger partial charge in [0, 0.05) is 6.54 Å². The van der Waals surface area contributed by atoms with Crippen LogP contribution in [0.1, 0.15) is 44.7 Å². The van der Waals surface area contributed by atoms with Gasteiger partial charge in [-0.05, 0) is 24.8 Å². The standard InChI is InChI=1S/C19H25N3O4/c1-3-19(4-2)17(25)22(18(26)20-19)12-16(24)21-11-14(23)10-15(21)13-8-6-5-7-9-13/h5-9,14-15,23H,3-4,10-12H2,1-2H3,(H,20,26). The van der Waals surface area contributed by atoms with Gasteiger partial charge in [-0.15, -0.1) is 0 Å². The fourth-order valence-electron chi connectivity index (χ4n) is 3.86. The monoisotopic (exact) mass is 359 g/mol. The summed E-state index contributed by atoms with van der Waals surface area (Å²) in [7, 11) is 0. The number of hydrogen-bond acceptors (Lipinski definition) is 4. The summed E-state index contributed by atoms with van der Waals surface area (Å²) in [6, 6.07) is 8.72. The number of rotatable bonds is 5. The van der Waals surface area contributed by atoms with Crippen molar-refractivity contribution in [1.29, 1.82) is 0 Å². The first-order chi connectivity index (χ1) is 12.4. The van der Waals surface area contributed by atoms with Gasteiger partial charge in [0.25, 0.3) is 5.91 Å². The Morgan fingerprint density at radius 3 is 2.46 bits per heavy atom. The molecule has 2 fully saturated rings. The largest absolute Gasteiger partial charge is 0.391 e. The first-order valence-corrected chi connectivity index (χ1v) is 9.08. The van der Waals surface area contributed by atoms with Gasteiger partial charge in [-0.2, -0.15) is 0 Å². The van der Waals surface area contributed by atoms with Crippen molar-refractivity contribution in [3.8, 4) is 0 Å². The number of hydrogen-bond donors (Lipinski definition) is 2. The molecule has 3 rings (SSSR count). The van der Waals surface area contributed by atoms with E-state index in [0.717, 1.165) is 10.5 Å². The number of nitrogens with zero attached hydrogens (tertiary/aromatic N) is 2. The third-order valence-corrected chi connectivity index (χ3v) is 5.53. The van der Waals surface area contributed by atoms with Crippen molar-refractivity contribution < 1.29 is 19.5 Å². The quantitative estimate of drug-likeness (QED) is 0.778. The molecule has 1 aromatic carbocycles. The number of benzene rings is 1. The first-order valence-electron chi connectivity index (χ1n) is 9.08. The molecule has 0 aromatic heterocycles. The molecule has 0 bridgehead atoms. The van der Waals surface area contributed by atoms with Crippen molar-refractivity contribution >= 4 is 17.8 Å². The van der Waals surface area contributed by atoms with Crippen LogP contribution in [0.4, 0.5) is 4.79 Å². The van der Waals surface area contributed by atoms with Gasteiger partial charge in [0.05, 0.1) is 12.1 Å². The van der Waals surface area contributed by atoms with Gasteiger partial charge >= 0.3 is 6.03 Å². The van der Waals surface area contributed by atoms with Gasteiger partial charge < -0.3 is 15.3 Å². The van der Waals surface area contributed by atoms with Crippen LogP contribution < -0.4 is 5.32 Å². The number of urea groups is 1. The molecule has 2 atom stereocenters. The predicted molar refractivity (Wildman–Crippen MR) is 95.1 cm³/mol. The zero-order valence-electron chi connectivity index (χ0n) is 15.1. The van der Waals surface area contributed by atoms with Gasteiger partial charge in [-0.3, -0.25) is 14.5 Å². The van der Waals surface area contributed by atoms with Crippen molar-refractivity contribution in [2.75, 3.05) is 13.1 Å². The summed E-state index contributed by atoms with van der Waals surface area (Å²) in [4.78, 5) is 40.4. The van der Waals surface area contributed by atoms with Crippen molar-refractivity contribution in [2.45, 2.75) is 50.8 Å². The number of β-amino-alcohol motifs (C(OH)–C–C–N with tert-alkyl or cyclic N) is 1. The molecule has 0 spiro atoms. The van der Waals surface area contributed by atoms with E-state index in [0.29, 0.717) is 19.3 Å². The normalized spacial score (nSPS) is 24.9. The molecule has 26 heavy (non-hydrogen) atoms. The van der Waals surface area contributed by atoms with Gasteiger partial charge in [0.2, 0.25) is 5.91 Å². The van der Waals surface area contributed by atoms with Crippen molar-refractivity contribution in [3.63, 3.8) is 0 Å². The number of carbonyl (C=O) groups is 3. The van der Waals surface area contributed by atoms with Crippen LogP contribution in [0, 0.1) is 0 Å². The smallest absolute Gasteiger partial charge is 0.325 e. The van der Waals surface area contributed by atoms with Crippen molar-refractivity contribution in [1.82, 2.24) is 15.1 Å². The fourth-order valence-corrected chi connectivity index (χ4v) is 3.86. The third kappa shape index (κ3) is 3.07. The molecule has 2 heterocycles. The second-order valence-corrected chi connectivity index (χ2v) is 6.97. The number of aliphatic hydroxyl groups excluding tert-OH is 1. The molecule has 2 unspecified atom stereocenters. The minimum atomic E-state index is -0.916. The average molecular weight is 359 g/mol. The second-order valence-electron chi connectivity index (χ2n) is 6.97. The van der Waals surface area contributed by atoms with Crippen LogP contribution in [-0.2, 0) is 9.59 Å². The number of carbonyl (C=O) groups excluding carboxylic acids is 3. The van der Waals surface area contributed by atoms with E-state index in [-0.39, 0.29) is 30.9 Å². The van der Waals surface area contributed by atoms with Crippen molar-refractivity contribution in [3.05, 3.63) is 35.9 Å². The summed E-state index contributed by atoms with van der Waals surface area (Å²) >= 11 is 0. The molecule has 2 saturated heterocycles. The second kappa shape index (κ2) is 7.07. The Morgan fingerprint density at radius 2 is 1.88 bits per heavy atom. The fraction of sp³-hybridized carbons (Fsp3) is 0.526.